The number of rotatable bonds is 6. The molecule has 3 aliphatic rings. The van der Waals surface area contributed by atoms with Gasteiger partial charge in [-0.3, -0.25) is 9.69 Å². The van der Waals surface area contributed by atoms with Crippen molar-refractivity contribution in [3.8, 4) is 0 Å². The first kappa shape index (κ1) is 22.7. The minimum atomic E-state index is 0.180. The van der Waals surface area contributed by atoms with E-state index in [0.717, 1.165) is 51.4 Å². The average Bonchev–Trinajstić information content (AvgIpc) is 2.72. The van der Waals surface area contributed by atoms with Crippen molar-refractivity contribution >= 4 is 11.7 Å². The molecule has 0 bridgehead atoms. The van der Waals surface area contributed by atoms with E-state index >= 15 is 0 Å². The molecule has 0 N–H and O–H groups in total. The molecule has 31 heavy (non-hydrogen) atoms. The van der Waals surface area contributed by atoms with Crippen molar-refractivity contribution in [1.82, 2.24) is 19.8 Å². The quantitative estimate of drug-likeness (QED) is 0.692. The Kier molecular flexibility index (Phi) is 6.97. The van der Waals surface area contributed by atoms with E-state index in [1.807, 2.05) is 13.8 Å². The molecule has 2 aliphatic heterocycles. The van der Waals surface area contributed by atoms with Crippen molar-refractivity contribution < 1.29 is 4.79 Å². The number of hydrogen-bond donors (Lipinski definition) is 0. The summed E-state index contributed by atoms with van der Waals surface area (Å²) in [6, 6.07) is 1.58. The van der Waals surface area contributed by atoms with Gasteiger partial charge in [-0.25, -0.2) is 9.97 Å². The van der Waals surface area contributed by atoms with E-state index in [4.69, 9.17) is 9.97 Å². The first-order valence-electron chi connectivity index (χ1n) is 12.4. The first-order chi connectivity index (χ1) is 14.9. The SMILES string of the molecule is CCC1CN(C)CC(C)N1c1ncc(C2CN(C3CCC(C(=O)C(C)C)CC3)C2)cn1. The third kappa shape index (κ3) is 4.80. The molecule has 3 heterocycles. The van der Waals surface area contributed by atoms with Gasteiger partial charge < -0.3 is 9.80 Å². The minimum Gasteiger partial charge on any atom is -0.333 e. The van der Waals surface area contributed by atoms with Crippen LogP contribution in [0.2, 0.25) is 0 Å². The Labute approximate surface area is 188 Å². The Hall–Kier alpha value is -1.53. The van der Waals surface area contributed by atoms with Crippen molar-refractivity contribution in [2.75, 3.05) is 38.1 Å². The summed E-state index contributed by atoms with van der Waals surface area (Å²) >= 11 is 0. The van der Waals surface area contributed by atoms with Crippen molar-refractivity contribution in [3.63, 3.8) is 0 Å². The highest BCUT2D eigenvalue weighted by Gasteiger charge is 2.37. The molecule has 6 heteroatoms. The summed E-state index contributed by atoms with van der Waals surface area (Å²) in [6.07, 6.45) is 9.74. The summed E-state index contributed by atoms with van der Waals surface area (Å²) in [7, 11) is 2.21. The molecule has 0 spiro atoms. The van der Waals surface area contributed by atoms with Crippen molar-refractivity contribution in [1.29, 1.82) is 0 Å². The van der Waals surface area contributed by atoms with Crippen LogP contribution in [0.15, 0.2) is 12.4 Å². The lowest BCUT2D eigenvalue weighted by atomic mass is 9.78. The number of piperazine rings is 1. The molecule has 1 aliphatic carbocycles. The van der Waals surface area contributed by atoms with Gasteiger partial charge in [-0.05, 0) is 51.6 Å². The number of carbonyl (C=O) groups excluding carboxylic acids is 1. The summed E-state index contributed by atoms with van der Waals surface area (Å²) < 4.78 is 0. The number of anilines is 1. The van der Waals surface area contributed by atoms with E-state index in [1.165, 1.54) is 18.4 Å². The number of likely N-dealkylation sites (N-methyl/N-ethyl adjacent to an activating group) is 1. The molecular weight excluding hydrogens is 386 g/mol. The zero-order chi connectivity index (χ0) is 22.1. The molecule has 2 atom stereocenters. The molecule has 0 radical (unpaired) electrons. The summed E-state index contributed by atoms with van der Waals surface area (Å²) in [5.41, 5.74) is 1.28. The molecule has 4 rings (SSSR count). The van der Waals surface area contributed by atoms with Crippen LogP contribution in [0.1, 0.15) is 71.3 Å². The molecule has 0 aromatic carbocycles. The Morgan fingerprint density at radius 3 is 2.29 bits per heavy atom. The maximum Gasteiger partial charge on any atom is 0.225 e. The van der Waals surface area contributed by atoms with Crippen molar-refractivity contribution in [2.24, 2.45) is 11.8 Å². The van der Waals surface area contributed by atoms with Gasteiger partial charge >= 0.3 is 0 Å². The van der Waals surface area contributed by atoms with Gasteiger partial charge in [0.15, 0.2) is 0 Å². The smallest absolute Gasteiger partial charge is 0.225 e. The maximum absolute atomic E-state index is 12.3. The van der Waals surface area contributed by atoms with Crippen LogP contribution in [-0.2, 0) is 4.79 Å². The number of aromatic nitrogens is 2. The van der Waals surface area contributed by atoms with Gasteiger partial charge in [0, 0.05) is 74.5 Å². The second-order valence-corrected chi connectivity index (χ2v) is 10.6. The van der Waals surface area contributed by atoms with Crippen LogP contribution in [-0.4, -0.2) is 76.9 Å². The fraction of sp³-hybridized carbons (Fsp3) is 0.800. The molecule has 0 amide bonds. The minimum absolute atomic E-state index is 0.180. The van der Waals surface area contributed by atoms with Gasteiger partial charge in [-0.1, -0.05) is 20.8 Å². The fourth-order valence-corrected chi connectivity index (χ4v) is 6.00. The molecule has 6 nitrogen and oxygen atoms in total. The van der Waals surface area contributed by atoms with Crippen LogP contribution in [0.25, 0.3) is 0 Å². The highest BCUT2D eigenvalue weighted by molar-refractivity contribution is 5.82. The molecule has 1 aromatic heterocycles. The van der Waals surface area contributed by atoms with E-state index in [0.29, 0.717) is 35.7 Å². The summed E-state index contributed by atoms with van der Waals surface area (Å²) in [5.74, 6) is 2.39. The van der Waals surface area contributed by atoms with Crippen LogP contribution < -0.4 is 4.90 Å². The number of ketones is 1. The molecule has 172 valence electrons. The highest BCUT2D eigenvalue weighted by atomic mass is 16.1. The number of likely N-dealkylation sites (tertiary alicyclic amines) is 1. The number of Topliss-reactive ketones (excluding diaryl/α,β-unsaturated/α-hetero) is 1. The van der Waals surface area contributed by atoms with Gasteiger partial charge in [0.05, 0.1) is 0 Å². The van der Waals surface area contributed by atoms with E-state index in [-0.39, 0.29) is 5.92 Å². The molecule has 1 saturated carbocycles. The monoisotopic (exact) mass is 427 g/mol. The third-order valence-electron chi connectivity index (χ3n) is 7.89. The molecule has 3 fully saturated rings. The standard InChI is InChI=1S/C25H41N5O/c1-6-22-16-28(5)13-18(4)30(22)25-26-11-20(12-27-25)21-14-29(15-21)23-9-7-19(8-10-23)24(31)17(2)3/h11-12,17-19,21-23H,6-10,13-16H2,1-5H3. The second-order valence-electron chi connectivity index (χ2n) is 10.6. The Balaban J connectivity index is 1.29. The van der Waals surface area contributed by atoms with E-state index in [2.05, 4.69) is 48.0 Å². The first-order valence-corrected chi connectivity index (χ1v) is 12.4. The van der Waals surface area contributed by atoms with Gasteiger partial charge in [0.25, 0.3) is 0 Å². The van der Waals surface area contributed by atoms with Gasteiger partial charge in [-0.2, -0.15) is 0 Å². The Morgan fingerprint density at radius 1 is 1.06 bits per heavy atom. The topological polar surface area (TPSA) is 52.6 Å². The highest BCUT2D eigenvalue weighted by Crippen LogP contribution is 2.36. The van der Waals surface area contributed by atoms with Crippen molar-refractivity contribution in [3.05, 3.63) is 18.0 Å². The largest absolute Gasteiger partial charge is 0.333 e. The number of carbonyl (C=O) groups is 1. The summed E-state index contributed by atoms with van der Waals surface area (Å²) in [4.78, 5) is 29.3. The third-order valence-corrected chi connectivity index (χ3v) is 7.89. The van der Waals surface area contributed by atoms with Crippen LogP contribution in [0, 0.1) is 11.8 Å². The van der Waals surface area contributed by atoms with Crippen LogP contribution in [0.3, 0.4) is 0 Å². The van der Waals surface area contributed by atoms with Gasteiger partial charge in [0.2, 0.25) is 5.95 Å². The van der Waals surface area contributed by atoms with Crippen LogP contribution >= 0.6 is 0 Å². The lowest BCUT2D eigenvalue weighted by Gasteiger charge is -2.47. The fourth-order valence-electron chi connectivity index (χ4n) is 6.00. The van der Waals surface area contributed by atoms with Crippen molar-refractivity contribution in [2.45, 2.75) is 83.8 Å². The van der Waals surface area contributed by atoms with Crippen LogP contribution in [0.4, 0.5) is 5.95 Å². The lowest BCUT2D eigenvalue weighted by molar-refractivity contribution is -0.127. The lowest BCUT2D eigenvalue weighted by Crippen LogP contribution is -2.57. The second kappa shape index (κ2) is 9.53. The Morgan fingerprint density at radius 2 is 1.71 bits per heavy atom. The Bertz CT molecular complexity index is 737. The number of nitrogens with zero attached hydrogens (tertiary/aromatic N) is 5. The van der Waals surface area contributed by atoms with Gasteiger partial charge in [0.1, 0.15) is 5.78 Å². The van der Waals surface area contributed by atoms with Crippen LogP contribution in [0.5, 0.6) is 0 Å². The molecule has 1 aromatic rings. The molecule has 2 unspecified atom stereocenters. The zero-order valence-electron chi connectivity index (χ0n) is 20.1. The number of hydrogen-bond acceptors (Lipinski definition) is 6. The zero-order valence-corrected chi connectivity index (χ0v) is 20.1. The predicted octanol–water partition coefficient (Wildman–Crippen LogP) is 3.58. The van der Waals surface area contributed by atoms with E-state index in [9.17, 15) is 4.79 Å². The normalized spacial score (nSPS) is 31.1. The maximum atomic E-state index is 12.3. The van der Waals surface area contributed by atoms with E-state index in [1.54, 1.807) is 0 Å². The summed E-state index contributed by atoms with van der Waals surface area (Å²) in [5, 5.41) is 0. The summed E-state index contributed by atoms with van der Waals surface area (Å²) in [6.45, 7) is 13.0. The predicted molar refractivity (Wildman–Crippen MR) is 125 cm³/mol. The average molecular weight is 428 g/mol. The van der Waals surface area contributed by atoms with Gasteiger partial charge in [-0.15, -0.1) is 0 Å². The molecular formula is C25H41N5O. The van der Waals surface area contributed by atoms with E-state index < -0.39 is 0 Å². The molecule has 2 saturated heterocycles.